The summed E-state index contributed by atoms with van der Waals surface area (Å²) in [5, 5.41) is 2.41. The molecule has 0 radical (unpaired) electrons. The van der Waals surface area contributed by atoms with Gasteiger partial charge < -0.3 is 5.32 Å². The fraction of sp³-hybridized carbons (Fsp3) is 0.118. The summed E-state index contributed by atoms with van der Waals surface area (Å²) >= 11 is 0. The van der Waals surface area contributed by atoms with Crippen molar-refractivity contribution in [3.8, 4) is 0 Å². The Morgan fingerprint density at radius 2 is 1.84 bits per heavy atom. The molecule has 0 aliphatic carbocycles. The van der Waals surface area contributed by atoms with Gasteiger partial charge >= 0.3 is 0 Å². The summed E-state index contributed by atoms with van der Waals surface area (Å²) < 4.78 is 26.0. The number of hydrogen-bond donors (Lipinski definition) is 2. The van der Waals surface area contributed by atoms with Gasteiger partial charge in [-0.2, -0.15) is 0 Å². The van der Waals surface area contributed by atoms with E-state index in [1.807, 2.05) is 35.1 Å². The van der Waals surface area contributed by atoms with Crippen molar-refractivity contribution in [2.24, 2.45) is 0 Å². The molecular formula is C17H17N3O4S. The molecule has 0 spiro atoms. The molecule has 2 N–H and O–H groups in total. The van der Waals surface area contributed by atoms with Gasteiger partial charge in [-0.05, 0) is 30.7 Å². The van der Waals surface area contributed by atoms with Crippen molar-refractivity contribution in [1.29, 1.82) is 0 Å². The molecule has 25 heavy (non-hydrogen) atoms. The average molecular weight is 359 g/mol. The molecule has 2 amide bonds. The Morgan fingerprint density at radius 1 is 1.12 bits per heavy atom. The van der Waals surface area contributed by atoms with Gasteiger partial charge in [0.15, 0.2) is 0 Å². The van der Waals surface area contributed by atoms with E-state index in [1.54, 1.807) is 6.08 Å². The lowest BCUT2D eigenvalue weighted by atomic mass is 10.2. The topological polar surface area (TPSA) is 105 Å². The Labute approximate surface area is 145 Å². The number of nitrogens with zero attached hydrogens (tertiary/aromatic N) is 1. The van der Waals surface area contributed by atoms with E-state index in [0.717, 1.165) is 11.8 Å². The zero-order valence-electron chi connectivity index (χ0n) is 13.4. The van der Waals surface area contributed by atoms with Gasteiger partial charge in [-0.1, -0.05) is 30.3 Å². The number of carbonyl (C=O) groups excluding carboxylic acids is 2. The zero-order chi connectivity index (χ0) is 18.3. The fourth-order valence-electron chi connectivity index (χ4n) is 1.85. The minimum atomic E-state index is -4.03. The number of pyridine rings is 1. The summed E-state index contributed by atoms with van der Waals surface area (Å²) in [7, 11) is -4.03. The first-order valence-electron chi connectivity index (χ1n) is 7.39. The van der Waals surface area contributed by atoms with Crippen LogP contribution < -0.4 is 10.0 Å². The molecule has 2 rings (SSSR count). The second kappa shape index (κ2) is 8.20. The van der Waals surface area contributed by atoms with Gasteiger partial charge in [0, 0.05) is 18.5 Å². The van der Waals surface area contributed by atoms with Gasteiger partial charge in [-0.25, -0.2) is 13.1 Å². The van der Waals surface area contributed by atoms with Crippen LogP contribution in [0.4, 0.5) is 0 Å². The third-order valence-electron chi connectivity index (χ3n) is 3.16. The molecule has 1 heterocycles. The van der Waals surface area contributed by atoms with E-state index in [9.17, 15) is 18.0 Å². The lowest BCUT2D eigenvalue weighted by molar-refractivity contribution is -0.125. The molecule has 0 aliphatic heterocycles. The first kappa shape index (κ1) is 18.3. The Bertz CT molecular complexity index is 865. The fourth-order valence-corrected chi connectivity index (χ4v) is 2.87. The second-order valence-corrected chi connectivity index (χ2v) is 6.82. The maximum Gasteiger partial charge on any atom is 0.265 e. The van der Waals surface area contributed by atoms with Crippen molar-refractivity contribution in [3.05, 3.63) is 66.5 Å². The molecule has 130 valence electrons. The first-order valence-corrected chi connectivity index (χ1v) is 8.87. The number of carbonyl (C=O) groups is 2. The van der Waals surface area contributed by atoms with Crippen LogP contribution in [-0.4, -0.2) is 31.3 Å². The Morgan fingerprint density at radius 3 is 2.48 bits per heavy atom. The molecule has 7 nitrogen and oxygen atoms in total. The smallest absolute Gasteiger partial charge is 0.265 e. The molecule has 0 aliphatic rings. The van der Waals surface area contributed by atoms with E-state index < -0.39 is 27.9 Å². The van der Waals surface area contributed by atoms with E-state index in [0.29, 0.717) is 0 Å². The summed E-state index contributed by atoms with van der Waals surface area (Å²) in [6, 6.07) is 10.9. The maximum atomic E-state index is 12.0. The lowest BCUT2D eigenvalue weighted by Crippen LogP contribution is -2.46. The maximum absolute atomic E-state index is 12.0. The molecule has 0 bridgehead atoms. The molecule has 1 aromatic carbocycles. The van der Waals surface area contributed by atoms with Crippen LogP contribution in [0.2, 0.25) is 0 Å². The van der Waals surface area contributed by atoms with Gasteiger partial charge in [-0.3, -0.25) is 14.6 Å². The van der Waals surface area contributed by atoms with Crippen LogP contribution >= 0.6 is 0 Å². The van der Waals surface area contributed by atoms with E-state index in [-0.39, 0.29) is 4.90 Å². The molecule has 0 unspecified atom stereocenters. The van der Waals surface area contributed by atoms with E-state index >= 15 is 0 Å². The number of sulfonamides is 1. The van der Waals surface area contributed by atoms with Gasteiger partial charge in [0.1, 0.15) is 10.9 Å². The van der Waals surface area contributed by atoms with Crippen LogP contribution in [0.5, 0.6) is 0 Å². The molecule has 2 aromatic rings. The summed E-state index contributed by atoms with van der Waals surface area (Å²) in [6.07, 6.45) is 5.41. The van der Waals surface area contributed by atoms with E-state index in [1.165, 1.54) is 31.3 Å². The number of nitrogens with one attached hydrogen (secondary N) is 2. The molecule has 1 aromatic heterocycles. The number of amides is 2. The highest BCUT2D eigenvalue weighted by Crippen LogP contribution is 2.05. The van der Waals surface area contributed by atoms with Gasteiger partial charge in [0.05, 0.1) is 0 Å². The van der Waals surface area contributed by atoms with Crippen molar-refractivity contribution >= 4 is 27.9 Å². The highest BCUT2D eigenvalue weighted by molar-refractivity contribution is 7.90. The van der Waals surface area contributed by atoms with Crippen LogP contribution in [0.1, 0.15) is 12.5 Å². The Hall–Kier alpha value is -3.00. The normalized spacial score (nSPS) is 12.5. The highest BCUT2D eigenvalue weighted by atomic mass is 32.2. The number of hydrogen-bond acceptors (Lipinski definition) is 5. The highest BCUT2D eigenvalue weighted by Gasteiger charge is 2.22. The molecule has 0 saturated carbocycles. The van der Waals surface area contributed by atoms with Crippen molar-refractivity contribution in [3.63, 3.8) is 0 Å². The van der Waals surface area contributed by atoms with Crippen LogP contribution in [0.25, 0.3) is 6.08 Å². The quantitative estimate of drug-likeness (QED) is 0.752. The van der Waals surface area contributed by atoms with Crippen molar-refractivity contribution in [1.82, 2.24) is 15.0 Å². The second-order valence-electron chi connectivity index (χ2n) is 5.13. The number of rotatable bonds is 6. The summed E-state index contributed by atoms with van der Waals surface area (Å²) in [5.41, 5.74) is 0.828. The Balaban J connectivity index is 1.94. The van der Waals surface area contributed by atoms with E-state index in [4.69, 9.17) is 0 Å². The van der Waals surface area contributed by atoms with Gasteiger partial charge in [0.25, 0.3) is 15.9 Å². The van der Waals surface area contributed by atoms with Crippen LogP contribution in [-0.2, 0) is 19.6 Å². The molecular weight excluding hydrogens is 342 g/mol. The van der Waals surface area contributed by atoms with Gasteiger partial charge in [0.2, 0.25) is 5.91 Å². The third kappa shape index (κ3) is 5.54. The monoisotopic (exact) mass is 359 g/mol. The van der Waals surface area contributed by atoms with Crippen LogP contribution in [0, 0.1) is 0 Å². The largest absolute Gasteiger partial charge is 0.341 e. The predicted octanol–water partition coefficient (Wildman–Crippen LogP) is 1.10. The number of aromatic nitrogens is 1. The van der Waals surface area contributed by atoms with Crippen molar-refractivity contribution in [2.75, 3.05) is 0 Å². The zero-order valence-corrected chi connectivity index (χ0v) is 14.2. The number of benzene rings is 1. The summed E-state index contributed by atoms with van der Waals surface area (Å²) in [6.45, 7) is 1.39. The minimum absolute atomic E-state index is 0.133. The lowest BCUT2D eigenvalue weighted by Gasteiger charge is -2.13. The van der Waals surface area contributed by atoms with Crippen LogP contribution in [0.15, 0.2) is 65.8 Å². The van der Waals surface area contributed by atoms with Crippen LogP contribution in [0.3, 0.4) is 0 Å². The van der Waals surface area contributed by atoms with Crippen molar-refractivity contribution in [2.45, 2.75) is 17.9 Å². The SMILES string of the molecule is C[C@@H](NC(=O)/C=C/c1ccccc1)C(=O)NS(=O)(=O)c1cccnc1. The Kier molecular flexibility index (Phi) is 6.02. The minimum Gasteiger partial charge on any atom is -0.341 e. The van der Waals surface area contributed by atoms with Gasteiger partial charge in [-0.15, -0.1) is 0 Å². The summed E-state index contributed by atoms with van der Waals surface area (Å²) in [5.74, 6) is -1.35. The molecule has 0 saturated heterocycles. The molecule has 1 atom stereocenters. The first-order chi connectivity index (χ1) is 11.9. The molecule has 0 fully saturated rings. The predicted molar refractivity (Wildman–Crippen MR) is 92.6 cm³/mol. The standard InChI is InChI=1S/C17H17N3O4S/c1-13(19-16(21)10-9-14-6-3-2-4-7-14)17(22)20-25(23,24)15-8-5-11-18-12-15/h2-13H,1H3,(H,19,21)(H,20,22)/b10-9+/t13-/m1/s1. The molecule has 8 heteroatoms. The average Bonchev–Trinajstić information content (AvgIpc) is 2.61. The third-order valence-corrected chi connectivity index (χ3v) is 4.49. The van der Waals surface area contributed by atoms with E-state index in [2.05, 4.69) is 10.3 Å². The van der Waals surface area contributed by atoms with Crippen molar-refractivity contribution < 1.29 is 18.0 Å². The summed E-state index contributed by atoms with van der Waals surface area (Å²) in [4.78, 5) is 27.4.